The molecule has 0 fully saturated rings. The number of carbonyl (C=O) groups is 1. The van der Waals surface area contributed by atoms with E-state index in [1.807, 2.05) is 25.3 Å². The molecule has 0 saturated carbocycles. The number of hydrogen-bond donors (Lipinski definition) is 2. The molecule has 3 N–H and O–H groups in total. The first-order chi connectivity index (χ1) is 7.58. The molecule has 2 heterocycles. The predicted molar refractivity (Wildman–Crippen MR) is 59.2 cm³/mol. The van der Waals surface area contributed by atoms with Crippen LogP contribution in [0.15, 0.2) is 24.5 Å². The maximum Gasteiger partial charge on any atom is 0.320 e. The lowest BCUT2D eigenvalue weighted by molar-refractivity contribution is -0.138. The van der Waals surface area contributed by atoms with E-state index in [4.69, 9.17) is 10.8 Å². The van der Waals surface area contributed by atoms with Crippen LogP contribution in [-0.4, -0.2) is 26.7 Å². The minimum absolute atomic E-state index is 0.294. The molecule has 0 radical (unpaired) electrons. The quantitative estimate of drug-likeness (QED) is 0.792. The molecule has 0 aliphatic rings. The summed E-state index contributed by atoms with van der Waals surface area (Å²) in [4.78, 5) is 10.7. The van der Waals surface area contributed by atoms with Crippen molar-refractivity contribution in [1.82, 2.24) is 9.61 Å². The molecule has 5 heteroatoms. The first-order valence-electron chi connectivity index (χ1n) is 4.99. The molecule has 0 aromatic carbocycles. The molecule has 16 heavy (non-hydrogen) atoms. The van der Waals surface area contributed by atoms with Gasteiger partial charge in [0.2, 0.25) is 0 Å². The second kappa shape index (κ2) is 3.94. The summed E-state index contributed by atoms with van der Waals surface area (Å²) in [6.07, 6.45) is 3.81. The number of carboxylic acids is 1. The number of aliphatic carboxylic acids is 1. The van der Waals surface area contributed by atoms with Gasteiger partial charge in [-0.3, -0.25) is 4.79 Å². The van der Waals surface area contributed by atoms with Gasteiger partial charge in [-0.1, -0.05) is 0 Å². The minimum Gasteiger partial charge on any atom is -0.480 e. The van der Waals surface area contributed by atoms with Crippen LogP contribution < -0.4 is 5.73 Å². The number of rotatable bonds is 3. The molecule has 2 rings (SSSR count). The highest BCUT2D eigenvalue weighted by Gasteiger charge is 2.15. The highest BCUT2D eigenvalue weighted by molar-refractivity contribution is 5.74. The lowest BCUT2D eigenvalue weighted by Crippen LogP contribution is -2.32. The number of pyridine rings is 1. The van der Waals surface area contributed by atoms with Gasteiger partial charge in [-0.25, -0.2) is 4.52 Å². The summed E-state index contributed by atoms with van der Waals surface area (Å²) in [6.45, 7) is 1.98. The summed E-state index contributed by atoms with van der Waals surface area (Å²) in [7, 11) is 0. The zero-order valence-corrected chi connectivity index (χ0v) is 8.92. The topological polar surface area (TPSA) is 80.6 Å². The molecule has 0 aliphatic carbocycles. The fourth-order valence-electron chi connectivity index (χ4n) is 1.62. The Labute approximate surface area is 92.5 Å². The van der Waals surface area contributed by atoms with Crippen molar-refractivity contribution in [2.45, 2.75) is 19.4 Å². The molecule has 84 valence electrons. The summed E-state index contributed by atoms with van der Waals surface area (Å²) in [5, 5.41) is 12.9. The van der Waals surface area contributed by atoms with E-state index < -0.39 is 12.0 Å². The summed E-state index contributed by atoms with van der Waals surface area (Å²) >= 11 is 0. The Hall–Kier alpha value is -1.88. The molecule has 2 aromatic rings. The second-order valence-electron chi connectivity index (χ2n) is 3.85. The number of aryl methyl sites for hydroxylation is 1. The summed E-state index contributed by atoms with van der Waals surface area (Å²) < 4.78 is 1.72. The summed E-state index contributed by atoms with van der Waals surface area (Å²) in [5.74, 6) is -0.994. The van der Waals surface area contributed by atoms with Gasteiger partial charge in [0.15, 0.2) is 0 Å². The van der Waals surface area contributed by atoms with E-state index in [9.17, 15) is 4.79 Å². The highest BCUT2D eigenvalue weighted by atomic mass is 16.4. The Bertz CT molecular complexity index is 533. The van der Waals surface area contributed by atoms with E-state index in [0.29, 0.717) is 6.42 Å². The Balaban J connectivity index is 2.37. The second-order valence-corrected chi connectivity index (χ2v) is 3.85. The molecule has 1 unspecified atom stereocenters. The predicted octanol–water partition coefficient (Wildman–Crippen LogP) is 0.597. The third-order valence-corrected chi connectivity index (χ3v) is 2.51. The smallest absolute Gasteiger partial charge is 0.320 e. The fourth-order valence-corrected chi connectivity index (χ4v) is 1.62. The highest BCUT2D eigenvalue weighted by Crippen LogP contribution is 2.13. The molecule has 2 aromatic heterocycles. The van der Waals surface area contributed by atoms with Crippen molar-refractivity contribution in [3.63, 3.8) is 0 Å². The first kappa shape index (κ1) is 10.6. The van der Waals surface area contributed by atoms with E-state index >= 15 is 0 Å². The largest absolute Gasteiger partial charge is 0.480 e. The Kier molecular flexibility index (Phi) is 2.62. The molecule has 0 spiro atoms. The van der Waals surface area contributed by atoms with Gasteiger partial charge >= 0.3 is 5.97 Å². The minimum atomic E-state index is -0.994. The monoisotopic (exact) mass is 219 g/mol. The van der Waals surface area contributed by atoms with Crippen LogP contribution in [-0.2, 0) is 11.2 Å². The van der Waals surface area contributed by atoms with Gasteiger partial charge in [0, 0.05) is 18.2 Å². The van der Waals surface area contributed by atoms with Gasteiger partial charge < -0.3 is 10.8 Å². The Morgan fingerprint density at radius 1 is 1.69 bits per heavy atom. The molecule has 0 bridgehead atoms. The molecule has 0 amide bonds. The average molecular weight is 219 g/mol. The van der Waals surface area contributed by atoms with Crippen molar-refractivity contribution in [2.75, 3.05) is 0 Å². The summed E-state index contributed by atoms with van der Waals surface area (Å²) in [6, 6.07) is 3.03. The summed E-state index contributed by atoms with van der Waals surface area (Å²) in [5.41, 5.74) is 8.38. The van der Waals surface area contributed by atoms with Crippen LogP contribution in [0.4, 0.5) is 0 Å². The normalized spacial score (nSPS) is 12.9. The average Bonchev–Trinajstić information content (AvgIpc) is 2.61. The van der Waals surface area contributed by atoms with Crippen molar-refractivity contribution in [3.05, 3.63) is 35.7 Å². The molecule has 5 nitrogen and oxygen atoms in total. The van der Waals surface area contributed by atoms with E-state index in [1.54, 1.807) is 10.7 Å². The van der Waals surface area contributed by atoms with E-state index in [2.05, 4.69) is 5.10 Å². The fraction of sp³-hybridized carbons (Fsp3) is 0.273. The van der Waals surface area contributed by atoms with Gasteiger partial charge in [0.25, 0.3) is 0 Å². The van der Waals surface area contributed by atoms with Crippen molar-refractivity contribution in [3.8, 4) is 0 Å². The zero-order chi connectivity index (χ0) is 11.7. The number of aromatic nitrogens is 2. The van der Waals surface area contributed by atoms with Crippen LogP contribution in [0.3, 0.4) is 0 Å². The van der Waals surface area contributed by atoms with Crippen LogP contribution >= 0.6 is 0 Å². The van der Waals surface area contributed by atoms with E-state index in [1.165, 1.54) is 0 Å². The number of hydrogen-bond acceptors (Lipinski definition) is 3. The third-order valence-electron chi connectivity index (χ3n) is 2.51. The van der Waals surface area contributed by atoms with Gasteiger partial charge in [-0.15, -0.1) is 0 Å². The van der Waals surface area contributed by atoms with Crippen LogP contribution in [0.25, 0.3) is 5.52 Å². The molecule has 0 saturated heterocycles. The van der Waals surface area contributed by atoms with Crippen molar-refractivity contribution >= 4 is 11.5 Å². The van der Waals surface area contributed by atoms with Crippen LogP contribution in [0.2, 0.25) is 0 Å². The van der Waals surface area contributed by atoms with Gasteiger partial charge in [0.1, 0.15) is 6.04 Å². The maximum absolute atomic E-state index is 10.7. The number of nitrogens with two attached hydrogens (primary N) is 1. The molecule has 0 aliphatic heterocycles. The van der Waals surface area contributed by atoms with Crippen LogP contribution in [0.5, 0.6) is 0 Å². The Morgan fingerprint density at radius 3 is 3.12 bits per heavy atom. The number of nitrogens with zero attached hydrogens (tertiary/aromatic N) is 2. The third kappa shape index (κ3) is 1.90. The Morgan fingerprint density at radius 2 is 2.44 bits per heavy atom. The zero-order valence-electron chi connectivity index (χ0n) is 8.92. The van der Waals surface area contributed by atoms with Crippen LogP contribution in [0.1, 0.15) is 11.1 Å². The van der Waals surface area contributed by atoms with Gasteiger partial charge in [-0.05, 0) is 24.6 Å². The number of fused-ring (bicyclic) bond motifs is 1. The van der Waals surface area contributed by atoms with E-state index in [-0.39, 0.29) is 0 Å². The van der Waals surface area contributed by atoms with E-state index in [0.717, 1.165) is 16.6 Å². The lowest BCUT2D eigenvalue weighted by atomic mass is 10.1. The lowest BCUT2D eigenvalue weighted by Gasteiger charge is -2.04. The molecular weight excluding hydrogens is 206 g/mol. The standard InChI is InChI=1S/C11H13N3O2/c1-7-2-3-14-10(4-7)8(6-13-14)5-9(12)11(15)16/h2-4,6,9H,5,12H2,1H3,(H,15,16). The molecular formula is C11H13N3O2. The molecule has 1 atom stereocenters. The first-order valence-corrected chi connectivity index (χ1v) is 4.99. The van der Waals surface area contributed by atoms with Crippen molar-refractivity contribution in [2.24, 2.45) is 5.73 Å². The van der Waals surface area contributed by atoms with Crippen molar-refractivity contribution in [1.29, 1.82) is 0 Å². The van der Waals surface area contributed by atoms with Crippen molar-refractivity contribution < 1.29 is 9.90 Å². The number of carboxylic acid groups (broad SMARTS) is 1. The van der Waals surface area contributed by atoms with Gasteiger partial charge in [0.05, 0.1) is 11.7 Å². The van der Waals surface area contributed by atoms with Gasteiger partial charge in [-0.2, -0.15) is 5.10 Å². The van der Waals surface area contributed by atoms with Crippen LogP contribution in [0, 0.1) is 6.92 Å². The SMILES string of the molecule is Cc1ccn2ncc(CC(N)C(=O)O)c2c1. The maximum atomic E-state index is 10.7.